The Balaban J connectivity index is 1.46. The van der Waals surface area contributed by atoms with Crippen LogP contribution in [0.1, 0.15) is 49.9 Å². The topological polar surface area (TPSA) is 27.7 Å². The van der Waals surface area contributed by atoms with Gasteiger partial charge < -0.3 is 14.0 Å². The van der Waals surface area contributed by atoms with Crippen molar-refractivity contribution in [1.29, 1.82) is 0 Å². The predicted octanol–water partition coefficient (Wildman–Crippen LogP) is 7.61. The number of rotatable bonds is 1. The number of benzene rings is 5. The van der Waals surface area contributed by atoms with Crippen LogP contribution in [0.25, 0.3) is 21.9 Å². The first-order valence-corrected chi connectivity index (χ1v) is 13.7. The molecule has 0 amide bonds. The van der Waals surface area contributed by atoms with Crippen molar-refractivity contribution >= 4 is 23.4 Å². The van der Waals surface area contributed by atoms with Crippen molar-refractivity contribution in [3.63, 3.8) is 0 Å². The van der Waals surface area contributed by atoms with Gasteiger partial charge in [0.05, 0.1) is 16.6 Å². The summed E-state index contributed by atoms with van der Waals surface area (Å²) >= 11 is 0. The molecule has 1 aliphatic carbocycles. The minimum absolute atomic E-state index is 0.417. The van der Waals surface area contributed by atoms with Crippen molar-refractivity contribution < 1.29 is 14.0 Å². The monoisotopic (exact) mass is 508 g/mol. The van der Waals surface area contributed by atoms with E-state index >= 15 is 0 Å². The van der Waals surface area contributed by atoms with Crippen LogP contribution in [0.3, 0.4) is 0 Å². The van der Waals surface area contributed by atoms with Crippen LogP contribution in [0.4, 0.5) is 0 Å². The van der Waals surface area contributed by atoms with Crippen LogP contribution >= 0.6 is 0 Å². The first-order chi connectivity index (χ1) is 18.8. The lowest BCUT2D eigenvalue weighted by atomic mass is 9.64. The summed E-state index contributed by atoms with van der Waals surface area (Å²) in [4.78, 5) is 0. The maximum Gasteiger partial charge on any atom is 0.494 e. The number of hydrogen-bond donors (Lipinski definition) is 0. The number of ether oxygens (including phenoxy) is 1. The largest absolute Gasteiger partial charge is 0.494 e. The molecule has 0 saturated carbocycles. The third kappa shape index (κ3) is 2.91. The molecule has 3 nitrogen and oxygen atoms in total. The molecule has 4 heteroatoms. The highest BCUT2D eigenvalue weighted by Gasteiger charge is 2.54. The maximum atomic E-state index is 6.60. The predicted molar refractivity (Wildman–Crippen MR) is 157 cm³/mol. The Bertz CT molecular complexity index is 1800. The first-order valence-electron chi connectivity index (χ1n) is 13.7. The molecule has 0 radical (unpaired) electrons. The second kappa shape index (κ2) is 7.62. The summed E-state index contributed by atoms with van der Waals surface area (Å²) in [5.41, 5.74) is 7.05. The average molecular weight is 508 g/mol. The summed E-state index contributed by atoms with van der Waals surface area (Å²) in [5.74, 6) is 1.76. The van der Waals surface area contributed by atoms with Crippen molar-refractivity contribution in [2.75, 3.05) is 0 Å². The zero-order valence-electron chi connectivity index (χ0n) is 22.6. The molecule has 190 valence electrons. The van der Waals surface area contributed by atoms with E-state index in [1.165, 1.54) is 33.0 Å². The fraction of sp³-hybridized carbons (Fsp3) is 0.200. The van der Waals surface area contributed by atoms with E-state index in [0.29, 0.717) is 0 Å². The van der Waals surface area contributed by atoms with Crippen molar-refractivity contribution in [3.05, 3.63) is 125 Å². The van der Waals surface area contributed by atoms with Gasteiger partial charge in [0.15, 0.2) is 0 Å². The molecule has 0 bridgehead atoms. The Hall–Kier alpha value is -3.86. The zero-order chi connectivity index (χ0) is 26.6. The second-order valence-corrected chi connectivity index (χ2v) is 11.9. The molecular weight excluding hydrogens is 479 g/mol. The van der Waals surface area contributed by atoms with Crippen LogP contribution in [0, 0.1) is 0 Å². The van der Waals surface area contributed by atoms with Gasteiger partial charge in [-0.2, -0.15) is 0 Å². The van der Waals surface area contributed by atoms with E-state index in [-0.39, 0.29) is 0 Å². The summed E-state index contributed by atoms with van der Waals surface area (Å²) in [6.45, 7) is 8.39. The Morgan fingerprint density at radius 2 is 1.23 bits per heavy atom. The van der Waals surface area contributed by atoms with Gasteiger partial charge in [0, 0.05) is 11.1 Å². The van der Waals surface area contributed by atoms with E-state index in [0.717, 1.165) is 28.1 Å². The van der Waals surface area contributed by atoms with Crippen molar-refractivity contribution in [2.45, 2.75) is 44.3 Å². The van der Waals surface area contributed by atoms with Gasteiger partial charge in [-0.05, 0) is 78.3 Å². The van der Waals surface area contributed by atoms with E-state index in [1.807, 2.05) is 0 Å². The molecule has 1 fully saturated rings. The van der Waals surface area contributed by atoms with Crippen LogP contribution < -0.4 is 10.2 Å². The van der Waals surface area contributed by atoms with Crippen LogP contribution in [0.15, 0.2) is 103 Å². The van der Waals surface area contributed by atoms with Gasteiger partial charge in [0.25, 0.3) is 0 Å². The standard InChI is InChI=1S/C35H29BO3/c1-33(2)34(3,4)39-36(38-33)23-18-20-31-29(21-23)35(27-15-9-10-16-30(27)37-31)26-14-8-7-13-25(26)32-24-12-6-5-11-22(24)17-19-28(32)35/h5-21H,1-4H3. The second-order valence-electron chi connectivity index (χ2n) is 11.9. The summed E-state index contributed by atoms with van der Waals surface area (Å²) in [6, 6.07) is 37.1. The fourth-order valence-corrected chi connectivity index (χ4v) is 6.81. The van der Waals surface area contributed by atoms with E-state index in [9.17, 15) is 0 Å². The van der Waals surface area contributed by atoms with Crippen molar-refractivity contribution in [1.82, 2.24) is 0 Å². The van der Waals surface area contributed by atoms with Crippen LogP contribution in [-0.4, -0.2) is 18.3 Å². The van der Waals surface area contributed by atoms with Gasteiger partial charge in [0.1, 0.15) is 11.5 Å². The zero-order valence-corrected chi connectivity index (χ0v) is 22.6. The minimum Gasteiger partial charge on any atom is -0.457 e. The third-order valence-electron chi connectivity index (χ3n) is 9.38. The van der Waals surface area contributed by atoms with Gasteiger partial charge in [-0.3, -0.25) is 0 Å². The lowest BCUT2D eigenvalue weighted by Crippen LogP contribution is -2.41. The van der Waals surface area contributed by atoms with E-state index in [1.54, 1.807) is 0 Å². The van der Waals surface area contributed by atoms with E-state index < -0.39 is 23.7 Å². The Kier molecular flexibility index (Phi) is 4.51. The molecule has 1 atom stereocenters. The molecule has 1 unspecified atom stereocenters. The molecule has 8 rings (SSSR count). The highest BCUT2D eigenvalue weighted by atomic mass is 16.7. The average Bonchev–Trinajstić information content (AvgIpc) is 3.36. The lowest BCUT2D eigenvalue weighted by Gasteiger charge is -2.39. The van der Waals surface area contributed by atoms with Gasteiger partial charge >= 0.3 is 7.12 Å². The molecule has 1 saturated heterocycles. The quantitative estimate of drug-likeness (QED) is 0.214. The van der Waals surface area contributed by atoms with Gasteiger partial charge in [-0.1, -0.05) is 91.0 Å². The molecule has 5 aromatic rings. The molecule has 1 spiro atoms. The smallest absolute Gasteiger partial charge is 0.457 e. The SMILES string of the molecule is CC1(C)OB(c2ccc3c(c2)C2(c4ccccc4O3)c3ccccc3-c3c2ccc2ccccc32)OC1(C)C. The first kappa shape index (κ1) is 23.1. The molecule has 5 aromatic carbocycles. The number of hydrogen-bond acceptors (Lipinski definition) is 3. The van der Waals surface area contributed by atoms with Crippen molar-refractivity contribution in [3.8, 4) is 22.6 Å². The van der Waals surface area contributed by atoms with E-state index in [2.05, 4.69) is 131 Å². The molecule has 3 aliphatic rings. The molecule has 2 heterocycles. The summed E-state index contributed by atoms with van der Waals surface area (Å²) in [6.07, 6.45) is 0. The third-order valence-corrected chi connectivity index (χ3v) is 9.38. The molecular formula is C35H29BO3. The van der Waals surface area contributed by atoms with Crippen LogP contribution in [0.2, 0.25) is 0 Å². The highest BCUT2D eigenvalue weighted by molar-refractivity contribution is 6.62. The number of fused-ring (bicyclic) bond motifs is 11. The molecule has 39 heavy (non-hydrogen) atoms. The highest BCUT2D eigenvalue weighted by Crippen LogP contribution is 2.62. The molecule has 0 N–H and O–H groups in total. The van der Waals surface area contributed by atoms with Crippen LogP contribution in [0.5, 0.6) is 11.5 Å². The summed E-state index contributed by atoms with van der Waals surface area (Å²) < 4.78 is 19.6. The molecule has 2 aliphatic heterocycles. The van der Waals surface area contributed by atoms with Crippen molar-refractivity contribution in [2.24, 2.45) is 0 Å². The lowest BCUT2D eigenvalue weighted by molar-refractivity contribution is 0.00578. The van der Waals surface area contributed by atoms with Gasteiger partial charge in [-0.15, -0.1) is 0 Å². The van der Waals surface area contributed by atoms with Gasteiger partial charge in [0.2, 0.25) is 0 Å². The Morgan fingerprint density at radius 3 is 2.05 bits per heavy atom. The Morgan fingerprint density at radius 1 is 0.564 bits per heavy atom. The van der Waals surface area contributed by atoms with E-state index in [4.69, 9.17) is 14.0 Å². The number of para-hydroxylation sites is 1. The fourth-order valence-electron chi connectivity index (χ4n) is 6.81. The molecule has 0 aromatic heterocycles. The maximum absolute atomic E-state index is 6.60. The Labute approximate surface area is 229 Å². The summed E-state index contributed by atoms with van der Waals surface area (Å²) in [5, 5.41) is 2.52. The minimum atomic E-state index is -0.528. The summed E-state index contributed by atoms with van der Waals surface area (Å²) in [7, 11) is -0.456. The van der Waals surface area contributed by atoms with Crippen LogP contribution in [-0.2, 0) is 14.7 Å². The van der Waals surface area contributed by atoms with Gasteiger partial charge in [-0.25, -0.2) is 0 Å². The normalized spacial score (nSPS) is 21.3.